The number of likely N-dealkylation sites (N-methyl/N-ethyl adjacent to an activating group) is 1. The molecule has 1 amide bonds. The molecule has 1 saturated carbocycles. The Bertz CT molecular complexity index is 1570. The molecule has 11 heteroatoms. The van der Waals surface area contributed by atoms with Crippen LogP contribution in [0.15, 0.2) is 41.3 Å². The zero-order chi connectivity index (χ0) is 30.8. The molecule has 0 saturated heterocycles. The van der Waals surface area contributed by atoms with Crippen LogP contribution in [0.5, 0.6) is 5.75 Å². The third-order valence-corrected chi connectivity index (χ3v) is 9.19. The Labute approximate surface area is 244 Å². The van der Waals surface area contributed by atoms with E-state index in [9.17, 15) is 34.8 Å². The number of phenols is 1. The van der Waals surface area contributed by atoms with Gasteiger partial charge in [0.1, 0.15) is 22.8 Å². The number of rotatable bonds is 7. The van der Waals surface area contributed by atoms with Gasteiger partial charge in [-0.25, -0.2) is 0 Å². The lowest BCUT2D eigenvalue weighted by atomic mass is 9.57. The number of aliphatic hydroxyl groups is 3. The Hall–Kier alpha value is -4.09. The number of aryl methyl sites for hydroxylation is 3. The fourth-order valence-electron chi connectivity index (χ4n) is 7.15. The predicted octanol–water partition coefficient (Wildman–Crippen LogP) is 1.54. The van der Waals surface area contributed by atoms with Gasteiger partial charge in [-0.05, 0) is 81.4 Å². The molecule has 224 valence electrons. The van der Waals surface area contributed by atoms with Gasteiger partial charge in [0.2, 0.25) is 5.78 Å². The highest BCUT2D eigenvalue weighted by atomic mass is 16.3. The molecule has 5 rings (SSSR count). The minimum absolute atomic E-state index is 0.0534. The Morgan fingerprint density at radius 3 is 2.40 bits per heavy atom. The Balaban J connectivity index is 1.63. The lowest BCUT2D eigenvalue weighted by Crippen LogP contribution is -2.65. The number of phenolic OH excluding ortho intramolecular Hbond substituents is 1. The Morgan fingerprint density at radius 2 is 1.83 bits per heavy atom. The van der Waals surface area contributed by atoms with E-state index in [2.05, 4.69) is 0 Å². The summed E-state index contributed by atoms with van der Waals surface area (Å²) in [4.78, 5) is 42.9. The number of anilines is 1. The van der Waals surface area contributed by atoms with E-state index >= 15 is 0 Å². The van der Waals surface area contributed by atoms with Crippen LogP contribution >= 0.6 is 0 Å². The maximum atomic E-state index is 14.1. The molecular formula is C31H38N4O7. The van der Waals surface area contributed by atoms with E-state index in [1.54, 1.807) is 14.1 Å². The van der Waals surface area contributed by atoms with Gasteiger partial charge >= 0.3 is 0 Å². The summed E-state index contributed by atoms with van der Waals surface area (Å²) in [5.74, 6) is -6.47. The second-order valence-corrected chi connectivity index (χ2v) is 12.1. The van der Waals surface area contributed by atoms with Gasteiger partial charge in [0.05, 0.1) is 11.6 Å². The van der Waals surface area contributed by atoms with Crippen molar-refractivity contribution in [2.24, 2.45) is 24.6 Å². The third-order valence-electron chi connectivity index (χ3n) is 9.19. The largest absolute Gasteiger partial charge is 0.508 e. The van der Waals surface area contributed by atoms with E-state index in [0.29, 0.717) is 17.5 Å². The molecule has 0 unspecified atom stereocenters. The number of hydrogen-bond acceptors (Lipinski definition) is 9. The molecule has 3 aliphatic carbocycles. The van der Waals surface area contributed by atoms with Crippen molar-refractivity contribution in [2.75, 3.05) is 33.1 Å². The number of Topliss-reactive ketones (excluding diaryl/α,β-unsaturated/α-hetero) is 2. The van der Waals surface area contributed by atoms with Crippen LogP contribution in [0.2, 0.25) is 0 Å². The zero-order valence-electron chi connectivity index (χ0n) is 24.5. The molecule has 2 aromatic rings. The minimum Gasteiger partial charge on any atom is -0.508 e. The van der Waals surface area contributed by atoms with Gasteiger partial charge in [0, 0.05) is 50.2 Å². The molecule has 1 aromatic heterocycles. The second-order valence-electron chi connectivity index (χ2n) is 12.1. The van der Waals surface area contributed by atoms with Gasteiger partial charge < -0.3 is 35.6 Å². The minimum atomic E-state index is -2.66. The number of primary amides is 1. The maximum absolute atomic E-state index is 14.1. The summed E-state index contributed by atoms with van der Waals surface area (Å²) in [7, 11) is 8.84. The van der Waals surface area contributed by atoms with Gasteiger partial charge in [-0.2, -0.15) is 0 Å². The van der Waals surface area contributed by atoms with Crippen LogP contribution in [0.3, 0.4) is 0 Å². The number of ketones is 2. The number of aromatic nitrogens is 1. The molecule has 1 aromatic carbocycles. The van der Waals surface area contributed by atoms with E-state index in [-0.39, 0.29) is 29.7 Å². The summed E-state index contributed by atoms with van der Waals surface area (Å²) >= 11 is 0. The number of aromatic hydroxyl groups is 1. The number of carbonyl (C=O) groups excluding carboxylic acids is 3. The normalized spacial score (nSPS) is 25.5. The van der Waals surface area contributed by atoms with Crippen LogP contribution in [-0.2, 0) is 40.7 Å². The van der Waals surface area contributed by atoms with Crippen molar-refractivity contribution < 1.29 is 34.8 Å². The highest BCUT2D eigenvalue weighted by molar-refractivity contribution is 6.24. The first-order chi connectivity index (χ1) is 19.7. The van der Waals surface area contributed by atoms with E-state index in [1.807, 2.05) is 55.0 Å². The van der Waals surface area contributed by atoms with Crippen molar-refractivity contribution >= 4 is 28.9 Å². The zero-order valence-corrected chi connectivity index (χ0v) is 24.5. The third kappa shape index (κ3) is 4.21. The number of aliphatic hydroxyl groups excluding tert-OH is 2. The van der Waals surface area contributed by atoms with Crippen molar-refractivity contribution in [3.63, 3.8) is 0 Å². The number of fused-ring (bicyclic) bond motifs is 3. The topological polar surface area (TPSA) is 170 Å². The first kappa shape index (κ1) is 29.4. The summed E-state index contributed by atoms with van der Waals surface area (Å²) in [6.07, 6.45) is 4.29. The number of benzene rings is 1. The quantitative estimate of drug-likeness (QED) is 0.306. The van der Waals surface area contributed by atoms with Crippen molar-refractivity contribution in [1.82, 2.24) is 9.47 Å². The van der Waals surface area contributed by atoms with Crippen LogP contribution in [-0.4, -0.2) is 87.2 Å². The van der Waals surface area contributed by atoms with E-state index in [0.717, 1.165) is 24.2 Å². The molecule has 42 heavy (non-hydrogen) atoms. The average Bonchev–Trinajstić information content (AvgIpc) is 3.31. The van der Waals surface area contributed by atoms with Crippen LogP contribution in [0.4, 0.5) is 5.69 Å². The van der Waals surface area contributed by atoms with E-state index < -0.39 is 58.0 Å². The molecule has 6 N–H and O–H groups in total. The Morgan fingerprint density at radius 1 is 1.14 bits per heavy atom. The molecule has 1 fully saturated rings. The molecule has 0 spiro atoms. The van der Waals surface area contributed by atoms with Crippen LogP contribution < -0.4 is 10.6 Å². The van der Waals surface area contributed by atoms with Gasteiger partial charge in [0.15, 0.2) is 11.4 Å². The standard InChI is InChI=1S/C31H38N4O7/c1-33(2)20-14-15(8-6-9-17-10-7-11-35(17)5)25(36)22-18(20)12-16-13-19-24(34(3)4)27(38)23(30(32)41)29(40)31(19,42)28(39)21(16)26(22)37/h7,10-11,14,16,19,24,36-37,40,42H,6,8-9,12-13H2,1-5H3,(H2,32,41)/t16-,19-,24-,31-/m0/s1. The fourth-order valence-corrected chi connectivity index (χ4v) is 7.15. The second kappa shape index (κ2) is 10.3. The molecule has 0 aliphatic heterocycles. The average molecular weight is 579 g/mol. The van der Waals surface area contributed by atoms with E-state index in [4.69, 9.17) is 5.73 Å². The van der Waals surface area contributed by atoms with Crippen LogP contribution in [0.25, 0.3) is 5.76 Å². The summed E-state index contributed by atoms with van der Waals surface area (Å²) in [5, 5.41) is 45.9. The smallest absolute Gasteiger partial charge is 0.255 e. The number of carbonyl (C=O) groups is 3. The van der Waals surface area contributed by atoms with Crippen molar-refractivity contribution in [3.8, 4) is 5.75 Å². The SMILES string of the molecule is CN(C)c1cc(CCCc2cccn2C)c(O)c2c1C[C@H]1C[C@H]3[C@H](N(C)C)C(=O)C(C(N)=O)=C(O)[C@@]3(O)C(=O)C1=C2O. The van der Waals surface area contributed by atoms with Crippen LogP contribution in [0, 0.1) is 11.8 Å². The van der Waals surface area contributed by atoms with Gasteiger partial charge in [-0.1, -0.05) is 0 Å². The monoisotopic (exact) mass is 578 g/mol. The first-order valence-corrected chi connectivity index (χ1v) is 14.0. The van der Waals surface area contributed by atoms with E-state index in [1.165, 1.54) is 4.90 Å². The van der Waals surface area contributed by atoms with Crippen molar-refractivity contribution in [1.29, 1.82) is 0 Å². The highest BCUT2D eigenvalue weighted by Crippen LogP contribution is 2.54. The maximum Gasteiger partial charge on any atom is 0.255 e. The van der Waals surface area contributed by atoms with Gasteiger partial charge in [-0.3, -0.25) is 19.3 Å². The molecule has 1 heterocycles. The molecule has 11 nitrogen and oxygen atoms in total. The fraction of sp³-hybridized carbons (Fsp3) is 0.452. The molecule has 0 bridgehead atoms. The molecule has 0 radical (unpaired) electrons. The van der Waals surface area contributed by atoms with Gasteiger partial charge in [0.25, 0.3) is 5.91 Å². The summed E-state index contributed by atoms with van der Waals surface area (Å²) in [6.45, 7) is 0. The molecular weight excluding hydrogens is 540 g/mol. The summed E-state index contributed by atoms with van der Waals surface area (Å²) in [6, 6.07) is 4.79. The number of amides is 1. The summed E-state index contributed by atoms with van der Waals surface area (Å²) in [5.41, 5.74) is 5.06. The van der Waals surface area contributed by atoms with Crippen molar-refractivity contribution in [3.05, 3.63) is 63.7 Å². The number of hydrogen-bond donors (Lipinski definition) is 5. The number of nitrogens with zero attached hydrogens (tertiary/aromatic N) is 3. The molecule has 3 aliphatic rings. The number of nitrogens with two attached hydrogens (primary N) is 1. The molecule has 4 atom stereocenters. The predicted molar refractivity (Wildman–Crippen MR) is 156 cm³/mol. The highest BCUT2D eigenvalue weighted by Gasteiger charge is 2.64. The Kier molecular flexibility index (Phi) is 7.23. The van der Waals surface area contributed by atoms with Crippen molar-refractivity contribution in [2.45, 2.75) is 43.7 Å². The van der Waals surface area contributed by atoms with Gasteiger partial charge in [-0.15, -0.1) is 0 Å². The lowest BCUT2D eigenvalue weighted by Gasteiger charge is -2.50. The first-order valence-electron chi connectivity index (χ1n) is 14.0. The lowest BCUT2D eigenvalue weighted by molar-refractivity contribution is -0.153. The van der Waals surface area contributed by atoms with Crippen LogP contribution in [0.1, 0.15) is 35.2 Å². The summed E-state index contributed by atoms with van der Waals surface area (Å²) < 4.78 is 2.04.